The largest absolute Gasteiger partial charge is 0.299 e. The predicted octanol–water partition coefficient (Wildman–Crippen LogP) is 3.06. The van der Waals surface area contributed by atoms with Crippen LogP contribution in [0.2, 0.25) is 0 Å². The smallest absolute Gasteiger partial charge is 0.0690 e. The molecule has 0 saturated carbocycles. The van der Waals surface area contributed by atoms with Gasteiger partial charge in [0, 0.05) is 19.6 Å². The second-order valence-corrected chi connectivity index (χ2v) is 5.40. The summed E-state index contributed by atoms with van der Waals surface area (Å²) >= 11 is 0. The Bertz CT molecular complexity index is 407. The molecular formula is C15H20N2. The first kappa shape index (κ1) is 12.1. The number of likely N-dealkylation sites (tertiary alicyclic amines) is 1. The second kappa shape index (κ2) is 4.89. The summed E-state index contributed by atoms with van der Waals surface area (Å²) in [6.45, 7) is 7.35. The van der Waals surface area contributed by atoms with Crippen LogP contribution < -0.4 is 0 Å². The molecule has 1 aromatic carbocycles. The van der Waals surface area contributed by atoms with E-state index in [0.717, 1.165) is 26.1 Å². The summed E-state index contributed by atoms with van der Waals surface area (Å²) in [5.74, 6) is 0.449. The quantitative estimate of drug-likeness (QED) is 0.778. The summed E-state index contributed by atoms with van der Waals surface area (Å²) in [4.78, 5) is 2.46. The van der Waals surface area contributed by atoms with Gasteiger partial charge in [0.05, 0.1) is 11.5 Å². The van der Waals surface area contributed by atoms with Crippen LogP contribution in [0.25, 0.3) is 0 Å². The third kappa shape index (κ3) is 2.68. The lowest BCUT2D eigenvalue weighted by Gasteiger charge is -2.40. The van der Waals surface area contributed by atoms with Crippen LogP contribution in [-0.4, -0.2) is 18.0 Å². The Hall–Kier alpha value is -1.33. The molecule has 0 aliphatic carbocycles. The molecule has 2 nitrogen and oxygen atoms in total. The van der Waals surface area contributed by atoms with Crippen molar-refractivity contribution in [2.75, 3.05) is 13.1 Å². The van der Waals surface area contributed by atoms with Crippen LogP contribution in [-0.2, 0) is 6.54 Å². The number of hydrogen-bond acceptors (Lipinski definition) is 2. The monoisotopic (exact) mass is 228 g/mol. The van der Waals surface area contributed by atoms with Crippen LogP contribution in [0.3, 0.4) is 0 Å². The highest BCUT2D eigenvalue weighted by Gasteiger charge is 2.36. The van der Waals surface area contributed by atoms with Crippen molar-refractivity contribution >= 4 is 0 Å². The van der Waals surface area contributed by atoms with Gasteiger partial charge in [0.25, 0.3) is 0 Å². The maximum absolute atomic E-state index is 9.23. The van der Waals surface area contributed by atoms with Gasteiger partial charge in [-0.3, -0.25) is 4.90 Å². The van der Waals surface area contributed by atoms with E-state index in [4.69, 9.17) is 0 Å². The first-order chi connectivity index (χ1) is 8.14. The normalized spacial score (nSPS) is 29.8. The van der Waals surface area contributed by atoms with E-state index in [1.807, 2.05) is 0 Å². The molecule has 2 unspecified atom stereocenters. The molecule has 0 bridgehead atoms. The minimum Gasteiger partial charge on any atom is -0.299 e. The lowest BCUT2D eigenvalue weighted by Crippen LogP contribution is -2.43. The van der Waals surface area contributed by atoms with Gasteiger partial charge in [-0.2, -0.15) is 5.26 Å². The Labute approximate surface area is 104 Å². The van der Waals surface area contributed by atoms with Gasteiger partial charge in [-0.25, -0.2) is 0 Å². The zero-order valence-electron chi connectivity index (χ0n) is 10.7. The van der Waals surface area contributed by atoms with Crippen molar-refractivity contribution in [1.29, 1.82) is 5.26 Å². The lowest BCUT2D eigenvalue weighted by molar-refractivity contribution is 0.0915. The number of nitriles is 1. The average molecular weight is 228 g/mol. The summed E-state index contributed by atoms with van der Waals surface area (Å²) in [6, 6.07) is 13.0. The molecule has 0 amide bonds. The predicted molar refractivity (Wildman–Crippen MR) is 69.2 cm³/mol. The van der Waals surface area contributed by atoms with E-state index in [-0.39, 0.29) is 5.41 Å². The van der Waals surface area contributed by atoms with E-state index < -0.39 is 0 Å². The summed E-state index contributed by atoms with van der Waals surface area (Å²) < 4.78 is 0. The molecule has 1 saturated heterocycles. The molecule has 0 radical (unpaired) electrons. The molecule has 0 aromatic heterocycles. The molecular weight excluding hydrogens is 208 g/mol. The summed E-state index contributed by atoms with van der Waals surface area (Å²) in [5.41, 5.74) is 1.23. The van der Waals surface area contributed by atoms with E-state index >= 15 is 0 Å². The molecule has 0 N–H and O–H groups in total. The van der Waals surface area contributed by atoms with Crippen LogP contribution in [0.15, 0.2) is 30.3 Å². The molecule has 1 aliphatic rings. The number of nitrogens with zero attached hydrogens (tertiary/aromatic N) is 2. The Kier molecular flexibility index (Phi) is 3.49. The molecule has 1 aliphatic heterocycles. The fraction of sp³-hybridized carbons (Fsp3) is 0.533. The van der Waals surface area contributed by atoms with E-state index in [2.05, 4.69) is 55.1 Å². The van der Waals surface area contributed by atoms with E-state index in [1.165, 1.54) is 5.56 Å². The van der Waals surface area contributed by atoms with Crippen LogP contribution in [0, 0.1) is 22.7 Å². The molecule has 2 atom stereocenters. The van der Waals surface area contributed by atoms with Gasteiger partial charge in [-0.1, -0.05) is 37.3 Å². The van der Waals surface area contributed by atoms with Crippen molar-refractivity contribution in [2.24, 2.45) is 11.3 Å². The fourth-order valence-electron chi connectivity index (χ4n) is 2.47. The molecule has 17 heavy (non-hydrogen) atoms. The Morgan fingerprint density at radius 1 is 1.41 bits per heavy atom. The van der Waals surface area contributed by atoms with Gasteiger partial charge in [0.15, 0.2) is 0 Å². The van der Waals surface area contributed by atoms with Gasteiger partial charge in [-0.05, 0) is 24.8 Å². The molecule has 1 aromatic rings. The highest BCUT2D eigenvalue weighted by Crippen LogP contribution is 2.35. The Balaban J connectivity index is 1.97. The molecule has 1 fully saturated rings. The summed E-state index contributed by atoms with van der Waals surface area (Å²) in [6.07, 6.45) is 0.984. The number of hydrogen-bond donors (Lipinski definition) is 0. The molecule has 2 heteroatoms. The van der Waals surface area contributed by atoms with Gasteiger partial charge < -0.3 is 0 Å². The standard InChI is InChI=1S/C15H20N2/c1-13-10-17(9-8-15(13,2)12-16)11-14-6-4-3-5-7-14/h3-7,13H,8-11H2,1-2H3. The maximum Gasteiger partial charge on any atom is 0.0690 e. The Morgan fingerprint density at radius 2 is 2.12 bits per heavy atom. The highest BCUT2D eigenvalue weighted by molar-refractivity contribution is 5.15. The minimum atomic E-state index is -0.132. The molecule has 90 valence electrons. The van der Waals surface area contributed by atoms with E-state index in [9.17, 15) is 5.26 Å². The van der Waals surface area contributed by atoms with Gasteiger partial charge in [0.2, 0.25) is 0 Å². The number of rotatable bonds is 2. The molecule has 0 spiro atoms. The Morgan fingerprint density at radius 3 is 2.71 bits per heavy atom. The van der Waals surface area contributed by atoms with Gasteiger partial charge in [-0.15, -0.1) is 0 Å². The van der Waals surface area contributed by atoms with Crippen molar-refractivity contribution in [2.45, 2.75) is 26.8 Å². The molecule has 2 rings (SSSR count). The zero-order valence-corrected chi connectivity index (χ0v) is 10.7. The van der Waals surface area contributed by atoms with E-state index in [0.29, 0.717) is 5.92 Å². The van der Waals surface area contributed by atoms with Crippen LogP contribution >= 0.6 is 0 Å². The summed E-state index contributed by atoms with van der Waals surface area (Å²) in [7, 11) is 0. The van der Waals surface area contributed by atoms with Crippen LogP contribution in [0.1, 0.15) is 25.8 Å². The summed E-state index contributed by atoms with van der Waals surface area (Å²) in [5, 5.41) is 9.23. The maximum atomic E-state index is 9.23. The fourth-order valence-corrected chi connectivity index (χ4v) is 2.47. The van der Waals surface area contributed by atoms with Crippen molar-refractivity contribution in [1.82, 2.24) is 4.90 Å². The van der Waals surface area contributed by atoms with Crippen LogP contribution in [0.5, 0.6) is 0 Å². The first-order valence-electron chi connectivity index (χ1n) is 6.31. The van der Waals surface area contributed by atoms with Crippen molar-refractivity contribution in [3.8, 4) is 6.07 Å². The number of piperidine rings is 1. The molecule has 1 heterocycles. The highest BCUT2D eigenvalue weighted by atomic mass is 15.1. The topological polar surface area (TPSA) is 27.0 Å². The second-order valence-electron chi connectivity index (χ2n) is 5.40. The van der Waals surface area contributed by atoms with Gasteiger partial charge >= 0.3 is 0 Å². The lowest BCUT2D eigenvalue weighted by atomic mass is 9.74. The van der Waals surface area contributed by atoms with E-state index in [1.54, 1.807) is 0 Å². The van der Waals surface area contributed by atoms with Crippen molar-refractivity contribution in [3.63, 3.8) is 0 Å². The minimum absolute atomic E-state index is 0.132. The third-order valence-corrected chi connectivity index (χ3v) is 4.07. The van der Waals surface area contributed by atoms with Crippen LogP contribution in [0.4, 0.5) is 0 Å². The SMILES string of the molecule is CC1CN(Cc2ccccc2)CCC1(C)C#N. The van der Waals surface area contributed by atoms with Crippen molar-refractivity contribution in [3.05, 3.63) is 35.9 Å². The first-order valence-corrected chi connectivity index (χ1v) is 6.31. The van der Waals surface area contributed by atoms with Gasteiger partial charge in [0.1, 0.15) is 0 Å². The number of benzene rings is 1. The third-order valence-electron chi connectivity index (χ3n) is 4.07. The van der Waals surface area contributed by atoms with Crippen molar-refractivity contribution < 1.29 is 0 Å². The zero-order chi connectivity index (χ0) is 12.3. The average Bonchev–Trinajstić information content (AvgIpc) is 2.35.